The second kappa shape index (κ2) is 2.19. The molecule has 1 rings (SSSR count). The number of hydrogen-bond acceptors (Lipinski definition) is 6. The molecule has 0 atom stereocenters. The molecule has 0 radical (unpaired) electrons. The number of anilines is 3. The van der Waals surface area contributed by atoms with Crippen LogP contribution < -0.4 is 26.9 Å². The van der Waals surface area contributed by atoms with Gasteiger partial charge in [-0.25, -0.2) is 0 Å². The molecule has 0 saturated carbocycles. The first kappa shape index (κ1) is 7.98. The molecule has 0 fully saturated rings. The van der Waals surface area contributed by atoms with Gasteiger partial charge in [0.25, 0.3) is 0 Å². The summed E-state index contributed by atoms with van der Waals surface area (Å²) in [5.41, 5.74) is 14.8. The lowest BCUT2D eigenvalue weighted by molar-refractivity contribution is -1.17. The summed E-state index contributed by atoms with van der Waals surface area (Å²) >= 11 is 0. The Balaban J connectivity index is 3.60. The molecule has 0 spiro atoms. The fourth-order valence-electron chi connectivity index (χ4n) is 0.649. The molecule has 12 heavy (non-hydrogen) atoms. The first-order valence-electron chi connectivity index (χ1n) is 2.85. The maximum atomic E-state index is 10.7. The Morgan fingerprint density at radius 3 is 1.92 bits per heavy atom. The topological polar surface area (TPSA) is 152 Å². The first-order chi connectivity index (χ1) is 5.46. The molecule has 0 aliphatic carbocycles. The zero-order valence-corrected chi connectivity index (χ0v) is 5.89. The molecule has 0 unspecified atom stereocenters. The van der Waals surface area contributed by atoms with Crippen LogP contribution in [0.25, 0.3) is 0 Å². The molecular weight excluding hydrogens is 166 g/mol. The van der Waals surface area contributed by atoms with Gasteiger partial charge in [0.05, 0.1) is 0 Å². The van der Waals surface area contributed by atoms with Crippen molar-refractivity contribution in [1.29, 1.82) is 0 Å². The Kier molecular flexibility index (Phi) is 1.45. The van der Waals surface area contributed by atoms with E-state index in [0.717, 1.165) is 0 Å². The van der Waals surface area contributed by atoms with E-state index in [0.29, 0.717) is 0 Å². The van der Waals surface area contributed by atoms with Crippen LogP contribution in [0.5, 0.6) is 5.75 Å². The smallest absolute Gasteiger partial charge is 0.358 e. The van der Waals surface area contributed by atoms with Gasteiger partial charge in [-0.3, -0.25) is 11.5 Å². The van der Waals surface area contributed by atoms with Crippen molar-refractivity contribution in [2.24, 2.45) is 0 Å². The number of nitrogen functional groups attached to an aromatic ring is 3. The molecule has 0 aliphatic heterocycles. The van der Waals surface area contributed by atoms with E-state index in [4.69, 9.17) is 22.3 Å². The van der Waals surface area contributed by atoms with E-state index in [9.17, 15) is 10.4 Å². The monoisotopic (exact) mass is 173 g/mol. The standard InChI is InChI=1S/C4H7N5O3/c5-1-2(10)4(7)9(12)8(11)3(1)6/h10H,5-7H2. The largest absolute Gasteiger partial charge is 0.675 e. The maximum absolute atomic E-state index is 10.7. The molecule has 0 saturated heterocycles. The van der Waals surface area contributed by atoms with E-state index < -0.39 is 23.1 Å². The second-order valence-corrected chi connectivity index (χ2v) is 2.08. The number of nitrogens with zero attached hydrogens (tertiary/aromatic N) is 2. The summed E-state index contributed by atoms with van der Waals surface area (Å²) in [6, 6.07) is 0. The maximum Gasteiger partial charge on any atom is 0.358 e. The molecule has 8 heteroatoms. The third-order valence-corrected chi connectivity index (χ3v) is 1.35. The fraction of sp³-hybridized carbons (Fsp3) is 0. The Labute approximate surface area is 66.6 Å². The average molecular weight is 173 g/mol. The minimum Gasteiger partial charge on any atom is -0.675 e. The van der Waals surface area contributed by atoms with E-state index >= 15 is 0 Å². The van der Waals surface area contributed by atoms with Crippen molar-refractivity contribution < 1.29 is 14.8 Å². The van der Waals surface area contributed by atoms with Crippen LogP contribution in [0.2, 0.25) is 0 Å². The Bertz CT molecular complexity index is 233. The highest BCUT2D eigenvalue weighted by Gasteiger charge is 2.21. The fourth-order valence-corrected chi connectivity index (χ4v) is 0.649. The van der Waals surface area contributed by atoms with Gasteiger partial charge in [0.2, 0.25) is 5.75 Å². The van der Waals surface area contributed by atoms with Gasteiger partial charge in [-0.2, -0.15) is 0 Å². The third kappa shape index (κ3) is 0.779. The SMILES string of the molecule is Nc1c(O)c(N)[n+]([O-])[n+]([O-])c1N. The molecule has 0 amide bonds. The average Bonchev–Trinajstić information content (AvgIpc) is 2.08. The van der Waals surface area contributed by atoms with Crippen LogP contribution in [0.3, 0.4) is 0 Å². The van der Waals surface area contributed by atoms with Crippen molar-refractivity contribution in [3.8, 4) is 5.75 Å². The van der Waals surface area contributed by atoms with Crippen LogP contribution in [0, 0.1) is 10.4 Å². The third-order valence-electron chi connectivity index (χ3n) is 1.35. The number of rotatable bonds is 0. The van der Waals surface area contributed by atoms with Crippen molar-refractivity contribution in [2.75, 3.05) is 17.2 Å². The Hall–Kier alpha value is -2.12. The molecule has 7 N–H and O–H groups in total. The van der Waals surface area contributed by atoms with Gasteiger partial charge in [0, 0.05) is 0 Å². The lowest BCUT2D eigenvalue weighted by atomic mass is 10.4. The predicted octanol–water partition coefficient (Wildman–Crippen LogP) is -2.59. The summed E-state index contributed by atoms with van der Waals surface area (Å²) in [4.78, 5) is -0.564. The summed E-state index contributed by atoms with van der Waals surface area (Å²) < 4.78 is 0. The van der Waals surface area contributed by atoms with Crippen molar-refractivity contribution in [1.82, 2.24) is 0 Å². The number of aromatic hydroxyl groups is 1. The van der Waals surface area contributed by atoms with E-state index in [2.05, 4.69) is 0 Å². The van der Waals surface area contributed by atoms with Crippen LogP contribution in [0.1, 0.15) is 0 Å². The Morgan fingerprint density at radius 1 is 1.00 bits per heavy atom. The van der Waals surface area contributed by atoms with Gasteiger partial charge in [-0.1, -0.05) is 9.69 Å². The lowest BCUT2D eigenvalue weighted by Gasteiger charge is -2.12. The highest BCUT2D eigenvalue weighted by molar-refractivity contribution is 5.68. The quantitative estimate of drug-likeness (QED) is 0.249. The molecule has 66 valence electrons. The molecule has 1 aromatic heterocycles. The highest BCUT2D eigenvalue weighted by Crippen LogP contribution is 2.25. The number of aromatic nitrogens is 2. The summed E-state index contributed by atoms with van der Waals surface area (Å²) in [5.74, 6) is -1.96. The molecule has 0 bridgehead atoms. The molecule has 0 aromatic carbocycles. The first-order valence-corrected chi connectivity index (χ1v) is 2.85. The molecule has 1 aromatic rings. The lowest BCUT2D eigenvalue weighted by Crippen LogP contribution is -2.63. The summed E-state index contributed by atoms with van der Waals surface area (Å²) in [5, 5.41) is 30.4. The van der Waals surface area contributed by atoms with E-state index in [1.165, 1.54) is 0 Å². The number of hydrogen-bond donors (Lipinski definition) is 4. The second-order valence-electron chi connectivity index (χ2n) is 2.08. The Morgan fingerprint density at radius 2 is 1.42 bits per heavy atom. The summed E-state index contributed by atoms with van der Waals surface area (Å²) in [6.07, 6.45) is 0. The normalized spacial score (nSPS) is 10.0. The minimum absolute atomic E-state index is 0.260. The van der Waals surface area contributed by atoms with Gasteiger partial charge < -0.3 is 21.3 Å². The zero-order chi connectivity index (χ0) is 9.46. The van der Waals surface area contributed by atoms with E-state index in [-0.39, 0.29) is 9.69 Å². The summed E-state index contributed by atoms with van der Waals surface area (Å²) in [7, 11) is 0. The van der Waals surface area contributed by atoms with Crippen LogP contribution in [-0.2, 0) is 0 Å². The van der Waals surface area contributed by atoms with E-state index in [1.807, 2.05) is 0 Å². The summed E-state index contributed by atoms with van der Waals surface area (Å²) in [6.45, 7) is 0. The highest BCUT2D eigenvalue weighted by atomic mass is 16.6. The number of nitrogens with two attached hydrogens (primary N) is 3. The van der Waals surface area contributed by atoms with E-state index in [1.54, 1.807) is 0 Å². The van der Waals surface area contributed by atoms with Crippen LogP contribution in [0.15, 0.2) is 0 Å². The molecular formula is C4H7N5O3. The van der Waals surface area contributed by atoms with Gasteiger partial charge in [0.1, 0.15) is 0 Å². The molecule has 1 heterocycles. The van der Waals surface area contributed by atoms with Crippen molar-refractivity contribution in [3.05, 3.63) is 10.4 Å². The van der Waals surface area contributed by atoms with Crippen LogP contribution in [0.4, 0.5) is 17.3 Å². The van der Waals surface area contributed by atoms with Crippen molar-refractivity contribution >= 4 is 17.3 Å². The molecule has 8 nitrogen and oxygen atoms in total. The van der Waals surface area contributed by atoms with Crippen molar-refractivity contribution in [2.45, 2.75) is 0 Å². The predicted molar refractivity (Wildman–Crippen MR) is 39.3 cm³/mol. The van der Waals surface area contributed by atoms with Gasteiger partial charge in [0.15, 0.2) is 5.69 Å². The van der Waals surface area contributed by atoms with Crippen LogP contribution in [-0.4, -0.2) is 5.11 Å². The zero-order valence-electron chi connectivity index (χ0n) is 5.89. The van der Waals surface area contributed by atoms with Crippen LogP contribution >= 0.6 is 0 Å². The minimum atomic E-state index is -0.686. The molecule has 0 aliphatic rings. The van der Waals surface area contributed by atoms with Gasteiger partial charge >= 0.3 is 11.6 Å². The van der Waals surface area contributed by atoms with Crippen molar-refractivity contribution in [3.63, 3.8) is 0 Å². The van der Waals surface area contributed by atoms with Gasteiger partial charge in [-0.05, 0) is 0 Å². The van der Waals surface area contributed by atoms with Gasteiger partial charge in [-0.15, -0.1) is 0 Å².